The van der Waals surface area contributed by atoms with Gasteiger partial charge in [-0.05, 0) is 60.4 Å². The maximum Gasteiger partial charge on any atom is 0.323 e. The molecule has 0 spiro atoms. The summed E-state index contributed by atoms with van der Waals surface area (Å²) in [6, 6.07) is 25.3. The average molecular weight is 507 g/mol. The van der Waals surface area contributed by atoms with Crippen molar-refractivity contribution < 1.29 is 19.4 Å². The predicted molar refractivity (Wildman–Crippen MR) is 149 cm³/mol. The summed E-state index contributed by atoms with van der Waals surface area (Å²) in [5, 5.41) is 9.44. The van der Waals surface area contributed by atoms with E-state index < -0.39 is 12.5 Å². The summed E-state index contributed by atoms with van der Waals surface area (Å²) in [6.45, 7) is 0.108. The van der Waals surface area contributed by atoms with Crippen LogP contribution in [0.1, 0.15) is 17.5 Å². The number of anilines is 2. The number of amides is 1. The molecule has 1 atom stereocenters. The van der Waals surface area contributed by atoms with Gasteiger partial charge in [0.25, 0.3) is 0 Å². The molecule has 0 heterocycles. The standard InChI is InChI=1S/C29H34N2O4S/c1-30(2)25-12-9-23(10-13-25)18-19-35-27-16-14-26(15-17-27)31(20-28(32)33)29(34)24(21-36)11-8-22-6-4-3-5-7-22/h3-7,9-10,12-17,24,36H,8,11,18-21H2,1-2H3,(H,32,33). The highest BCUT2D eigenvalue weighted by Crippen LogP contribution is 2.24. The van der Waals surface area contributed by atoms with Crippen LogP contribution in [0.15, 0.2) is 78.9 Å². The largest absolute Gasteiger partial charge is 0.493 e. The Morgan fingerprint density at radius 3 is 2.06 bits per heavy atom. The van der Waals surface area contributed by atoms with Gasteiger partial charge in [-0.25, -0.2) is 0 Å². The topological polar surface area (TPSA) is 70.1 Å². The molecule has 3 aromatic carbocycles. The normalized spacial score (nSPS) is 11.5. The van der Waals surface area contributed by atoms with E-state index in [9.17, 15) is 14.7 Å². The number of carbonyl (C=O) groups is 2. The third kappa shape index (κ3) is 8.05. The van der Waals surface area contributed by atoms with Gasteiger partial charge < -0.3 is 19.6 Å². The van der Waals surface area contributed by atoms with E-state index in [4.69, 9.17) is 4.74 Å². The number of ether oxygens (including phenoxy) is 1. The number of carbonyl (C=O) groups excluding carboxylic acids is 1. The van der Waals surface area contributed by atoms with E-state index in [1.165, 1.54) is 10.5 Å². The van der Waals surface area contributed by atoms with E-state index in [-0.39, 0.29) is 11.8 Å². The summed E-state index contributed by atoms with van der Waals surface area (Å²) in [7, 11) is 4.02. The highest BCUT2D eigenvalue weighted by Gasteiger charge is 2.26. The van der Waals surface area contributed by atoms with Crippen molar-refractivity contribution in [2.24, 2.45) is 5.92 Å². The summed E-state index contributed by atoms with van der Waals surface area (Å²) >= 11 is 4.38. The Morgan fingerprint density at radius 2 is 1.47 bits per heavy atom. The highest BCUT2D eigenvalue weighted by atomic mass is 32.1. The second-order valence-electron chi connectivity index (χ2n) is 8.88. The lowest BCUT2D eigenvalue weighted by atomic mass is 9.99. The minimum absolute atomic E-state index is 0.238. The fourth-order valence-corrected chi connectivity index (χ4v) is 4.24. The molecule has 0 aromatic heterocycles. The van der Waals surface area contributed by atoms with Crippen molar-refractivity contribution in [3.63, 3.8) is 0 Å². The predicted octanol–water partition coefficient (Wildman–Crippen LogP) is 4.97. The first kappa shape index (κ1) is 27.1. The van der Waals surface area contributed by atoms with Gasteiger partial charge in [0.05, 0.1) is 6.61 Å². The van der Waals surface area contributed by atoms with Crippen molar-refractivity contribution in [3.05, 3.63) is 90.0 Å². The molecule has 0 fully saturated rings. The van der Waals surface area contributed by atoms with E-state index in [1.54, 1.807) is 24.3 Å². The number of nitrogens with zero attached hydrogens (tertiary/aromatic N) is 2. The van der Waals surface area contributed by atoms with E-state index in [0.29, 0.717) is 30.2 Å². The van der Waals surface area contributed by atoms with Gasteiger partial charge in [-0.1, -0.05) is 42.5 Å². The lowest BCUT2D eigenvalue weighted by Crippen LogP contribution is -2.40. The smallest absolute Gasteiger partial charge is 0.323 e. The third-order valence-corrected chi connectivity index (χ3v) is 6.45. The Hall–Kier alpha value is -3.45. The second kappa shape index (κ2) is 13.6. The zero-order valence-electron chi connectivity index (χ0n) is 20.8. The molecule has 3 rings (SSSR count). The molecule has 6 nitrogen and oxygen atoms in total. The molecule has 0 saturated heterocycles. The van der Waals surface area contributed by atoms with Crippen LogP contribution >= 0.6 is 12.6 Å². The van der Waals surface area contributed by atoms with Crippen LogP contribution in [0.25, 0.3) is 0 Å². The van der Waals surface area contributed by atoms with E-state index in [2.05, 4.69) is 41.8 Å². The van der Waals surface area contributed by atoms with Gasteiger partial charge in [-0.3, -0.25) is 9.59 Å². The van der Waals surface area contributed by atoms with Crippen LogP contribution in [-0.4, -0.2) is 50.0 Å². The Morgan fingerprint density at radius 1 is 0.861 bits per heavy atom. The summed E-state index contributed by atoms with van der Waals surface area (Å²) in [5.41, 5.74) is 4.00. The number of hydrogen-bond acceptors (Lipinski definition) is 5. The highest BCUT2D eigenvalue weighted by molar-refractivity contribution is 7.80. The molecule has 1 unspecified atom stereocenters. The molecule has 0 aliphatic rings. The SMILES string of the molecule is CN(C)c1ccc(CCOc2ccc(N(CC(=O)O)C(=O)C(CS)CCc3ccccc3)cc2)cc1. The fraction of sp³-hybridized carbons (Fsp3) is 0.310. The number of hydrogen-bond donors (Lipinski definition) is 2. The van der Waals surface area contributed by atoms with Gasteiger partial charge in [0.2, 0.25) is 5.91 Å². The van der Waals surface area contributed by atoms with Gasteiger partial charge in [-0.2, -0.15) is 12.6 Å². The quantitative estimate of drug-likeness (QED) is 0.320. The maximum atomic E-state index is 13.3. The zero-order valence-corrected chi connectivity index (χ0v) is 21.7. The van der Waals surface area contributed by atoms with Crippen molar-refractivity contribution in [2.45, 2.75) is 19.3 Å². The first-order chi connectivity index (χ1) is 17.4. The Labute approximate surface area is 218 Å². The fourth-order valence-electron chi connectivity index (χ4n) is 3.90. The molecular weight excluding hydrogens is 472 g/mol. The van der Waals surface area contributed by atoms with Crippen LogP contribution in [0.4, 0.5) is 11.4 Å². The molecule has 3 aromatic rings. The van der Waals surface area contributed by atoms with Crippen LogP contribution in [0, 0.1) is 5.92 Å². The number of thiol groups is 1. The summed E-state index contributed by atoms with van der Waals surface area (Å²) < 4.78 is 5.88. The minimum Gasteiger partial charge on any atom is -0.493 e. The van der Waals surface area contributed by atoms with Gasteiger partial charge in [0, 0.05) is 43.6 Å². The molecule has 1 N–H and O–H groups in total. The van der Waals surface area contributed by atoms with Crippen molar-refractivity contribution in [2.75, 3.05) is 42.8 Å². The molecular formula is C29H34N2O4S. The van der Waals surface area contributed by atoms with Crippen LogP contribution in [-0.2, 0) is 22.4 Å². The van der Waals surface area contributed by atoms with Crippen molar-refractivity contribution in [1.82, 2.24) is 0 Å². The van der Waals surface area contributed by atoms with Gasteiger partial charge >= 0.3 is 5.97 Å². The number of carboxylic acids is 1. The van der Waals surface area contributed by atoms with Gasteiger partial charge in [-0.15, -0.1) is 0 Å². The summed E-state index contributed by atoms with van der Waals surface area (Å²) in [4.78, 5) is 28.2. The van der Waals surface area contributed by atoms with Crippen molar-refractivity contribution in [1.29, 1.82) is 0 Å². The number of carboxylic acid groups (broad SMARTS) is 1. The molecule has 0 saturated carbocycles. The van der Waals surface area contributed by atoms with Crippen LogP contribution in [0.5, 0.6) is 5.75 Å². The monoisotopic (exact) mass is 506 g/mol. The first-order valence-electron chi connectivity index (χ1n) is 12.0. The van der Waals surface area contributed by atoms with Crippen molar-refractivity contribution >= 4 is 35.9 Å². The van der Waals surface area contributed by atoms with E-state index >= 15 is 0 Å². The van der Waals surface area contributed by atoms with Crippen LogP contribution < -0.4 is 14.5 Å². The average Bonchev–Trinajstić information content (AvgIpc) is 2.89. The van der Waals surface area contributed by atoms with Gasteiger partial charge in [0.1, 0.15) is 12.3 Å². The molecule has 0 aliphatic heterocycles. The number of aliphatic carboxylic acids is 1. The number of rotatable bonds is 13. The molecule has 36 heavy (non-hydrogen) atoms. The van der Waals surface area contributed by atoms with Gasteiger partial charge in [0.15, 0.2) is 0 Å². The van der Waals surface area contributed by atoms with Crippen LogP contribution in [0.2, 0.25) is 0 Å². The lowest BCUT2D eigenvalue weighted by Gasteiger charge is -2.26. The number of aryl methyl sites for hydroxylation is 1. The summed E-state index contributed by atoms with van der Waals surface area (Å²) in [6.07, 6.45) is 2.09. The Bertz CT molecular complexity index is 1100. The zero-order chi connectivity index (χ0) is 25.9. The third-order valence-electron chi connectivity index (χ3n) is 6.01. The molecule has 190 valence electrons. The Kier molecular flexibility index (Phi) is 10.2. The summed E-state index contributed by atoms with van der Waals surface area (Å²) in [5.74, 6) is -0.676. The maximum absolute atomic E-state index is 13.3. The minimum atomic E-state index is -1.06. The molecule has 0 bridgehead atoms. The molecule has 7 heteroatoms. The first-order valence-corrected chi connectivity index (χ1v) is 12.7. The van der Waals surface area contributed by atoms with Crippen molar-refractivity contribution in [3.8, 4) is 5.75 Å². The second-order valence-corrected chi connectivity index (χ2v) is 9.24. The Balaban J connectivity index is 1.61. The number of benzene rings is 3. The van der Waals surface area contributed by atoms with E-state index in [1.807, 2.05) is 44.4 Å². The molecule has 0 radical (unpaired) electrons. The molecule has 0 aliphatic carbocycles. The lowest BCUT2D eigenvalue weighted by molar-refractivity contribution is -0.137. The van der Waals surface area contributed by atoms with E-state index in [0.717, 1.165) is 24.1 Å². The van der Waals surface area contributed by atoms with Crippen LogP contribution in [0.3, 0.4) is 0 Å². The molecule has 1 amide bonds.